The SMILES string of the molecule is Nc1nc(/C(=N/OC2CCCC2)C(=O)N[C@@H]2C(=O)N3C(C(=O)O)=C(/C=C4\CCN(Cc5ccc[n+](CC(=O)Nc6ccc(O)c(F)c6)c5)C4=O)CS[C@H]23)cs1. The van der Waals surface area contributed by atoms with Crippen molar-refractivity contribution >= 4 is 69.2 Å². The number of β-lactam (4-membered cyclic amide) rings is 1. The highest BCUT2D eigenvalue weighted by Crippen LogP contribution is 2.41. The highest BCUT2D eigenvalue weighted by Gasteiger charge is 2.54. The average Bonchev–Trinajstić information content (AvgIpc) is 3.91. The molecule has 3 aromatic rings. The second kappa shape index (κ2) is 15.9. The van der Waals surface area contributed by atoms with Crippen LogP contribution in [-0.2, 0) is 41.9 Å². The number of thioether (sulfide) groups is 1. The minimum atomic E-state index is -1.34. The topological polar surface area (TPSA) is 221 Å². The fourth-order valence-electron chi connectivity index (χ4n) is 6.79. The van der Waals surface area contributed by atoms with Gasteiger partial charge in [-0.25, -0.2) is 14.2 Å². The van der Waals surface area contributed by atoms with E-state index in [-0.39, 0.29) is 58.8 Å². The van der Waals surface area contributed by atoms with Gasteiger partial charge in [-0.3, -0.25) is 24.1 Å². The Bertz CT molecular complexity index is 2170. The number of nitrogen functional groups attached to an aromatic ring is 1. The molecule has 286 valence electrons. The molecule has 16 nitrogen and oxygen atoms in total. The number of phenolic OH excluding ortho intramolecular Hbond substituents is 1. The molecule has 7 rings (SSSR count). The first kappa shape index (κ1) is 37.5. The van der Waals surface area contributed by atoms with Gasteiger partial charge in [0.05, 0.1) is 6.54 Å². The van der Waals surface area contributed by atoms with Crippen LogP contribution in [0, 0.1) is 5.82 Å². The summed E-state index contributed by atoms with van der Waals surface area (Å²) in [6, 6.07) is 6.03. The van der Waals surface area contributed by atoms with E-state index in [1.807, 2.05) is 0 Å². The molecule has 2 atom stereocenters. The van der Waals surface area contributed by atoms with E-state index < -0.39 is 46.7 Å². The van der Waals surface area contributed by atoms with E-state index in [0.717, 1.165) is 59.6 Å². The van der Waals surface area contributed by atoms with Crippen molar-refractivity contribution in [2.75, 3.05) is 23.3 Å². The van der Waals surface area contributed by atoms with E-state index in [9.17, 15) is 38.6 Å². The number of hydrogen-bond acceptors (Lipinski definition) is 12. The number of pyridine rings is 1. The molecular formula is C36H36FN8O8S2+. The first-order chi connectivity index (χ1) is 26.4. The van der Waals surface area contributed by atoms with Crippen LogP contribution in [0.1, 0.15) is 43.4 Å². The predicted octanol–water partition coefficient (Wildman–Crippen LogP) is 2.26. The van der Waals surface area contributed by atoms with Crippen molar-refractivity contribution < 1.29 is 48.0 Å². The molecular weight excluding hydrogens is 756 g/mol. The number of hydrogen-bond donors (Lipinski definition) is 5. The number of thiazole rings is 1. The number of fused-ring (bicyclic) bond motifs is 1. The van der Waals surface area contributed by atoms with Gasteiger partial charge in [-0.15, -0.1) is 23.1 Å². The molecule has 1 aliphatic carbocycles. The molecule has 5 heterocycles. The third kappa shape index (κ3) is 8.16. The number of nitrogens with one attached hydrogen (secondary N) is 2. The summed E-state index contributed by atoms with van der Waals surface area (Å²) in [4.78, 5) is 78.0. The number of halogens is 1. The Labute approximate surface area is 321 Å². The Hall–Kier alpha value is -5.82. The lowest BCUT2D eigenvalue weighted by molar-refractivity contribution is -0.684. The molecule has 6 N–H and O–H groups in total. The highest BCUT2D eigenvalue weighted by molar-refractivity contribution is 8.00. The molecule has 0 spiro atoms. The molecule has 2 aromatic heterocycles. The number of benzene rings is 1. The number of oxime groups is 1. The molecule has 1 aromatic carbocycles. The number of aromatic nitrogens is 2. The summed E-state index contributed by atoms with van der Waals surface area (Å²) in [7, 11) is 0. The van der Waals surface area contributed by atoms with Crippen molar-refractivity contribution in [3.05, 3.63) is 88.1 Å². The quantitative estimate of drug-likeness (QED) is 0.0447. The van der Waals surface area contributed by atoms with E-state index >= 15 is 0 Å². The van der Waals surface area contributed by atoms with E-state index in [2.05, 4.69) is 20.8 Å². The number of allylic oxidation sites excluding steroid dienone is 1. The van der Waals surface area contributed by atoms with Gasteiger partial charge in [0.15, 0.2) is 34.8 Å². The molecule has 3 aliphatic heterocycles. The number of nitrogens with two attached hydrogens (primary N) is 1. The van der Waals surface area contributed by atoms with Crippen molar-refractivity contribution in [2.45, 2.75) is 62.7 Å². The lowest BCUT2D eigenvalue weighted by Gasteiger charge is -2.49. The van der Waals surface area contributed by atoms with E-state index in [0.29, 0.717) is 24.1 Å². The molecule has 4 aliphatic rings. The second-order valence-corrected chi connectivity index (χ2v) is 15.3. The van der Waals surface area contributed by atoms with Crippen LogP contribution in [-0.4, -0.2) is 90.1 Å². The Balaban J connectivity index is 0.998. The number of amides is 4. The number of aliphatic carboxylic acids is 1. The largest absolute Gasteiger partial charge is 0.505 e. The summed E-state index contributed by atoms with van der Waals surface area (Å²) < 4.78 is 15.3. The van der Waals surface area contributed by atoms with E-state index in [1.165, 1.54) is 23.9 Å². The third-order valence-electron chi connectivity index (χ3n) is 9.47. The van der Waals surface area contributed by atoms with Gasteiger partial charge in [0.2, 0.25) is 12.5 Å². The summed E-state index contributed by atoms with van der Waals surface area (Å²) in [6.07, 6.45) is 8.74. The fraction of sp³-hybridized carbons (Fsp3) is 0.333. The molecule has 1 saturated carbocycles. The van der Waals surface area contributed by atoms with Crippen molar-refractivity contribution in [3.8, 4) is 5.75 Å². The number of carboxylic acid groups (broad SMARTS) is 1. The highest BCUT2D eigenvalue weighted by atomic mass is 32.2. The maximum atomic E-state index is 13.7. The van der Waals surface area contributed by atoms with Crippen molar-refractivity contribution in [1.29, 1.82) is 0 Å². The minimum Gasteiger partial charge on any atom is -0.505 e. The first-order valence-electron chi connectivity index (χ1n) is 17.4. The van der Waals surface area contributed by atoms with Crippen LogP contribution in [0.25, 0.3) is 0 Å². The Morgan fingerprint density at radius 2 is 2.00 bits per heavy atom. The number of rotatable bonds is 12. The summed E-state index contributed by atoms with van der Waals surface area (Å²) in [5.41, 5.74) is 7.24. The van der Waals surface area contributed by atoms with Crippen LogP contribution < -0.4 is 20.9 Å². The van der Waals surface area contributed by atoms with Crippen LogP contribution in [0.2, 0.25) is 0 Å². The fourth-order valence-corrected chi connectivity index (χ4v) is 8.64. The Kier molecular flexibility index (Phi) is 10.8. The maximum Gasteiger partial charge on any atom is 0.352 e. The molecule has 4 amide bonds. The average molecular weight is 792 g/mol. The molecule has 0 bridgehead atoms. The number of phenols is 1. The predicted molar refractivity (Wildman–Crippen MR) is 198 cm³/mol. The summed E-state index contributed by atoms with van der Waals surface area (Å²) in [6.45, 7) is 0.498. The molecule has 0 radical (unpaired) electrons. The Morgan fingerprint density at radius 1 is 1.20 bits per heavy atom. The second-order valence-electron chi connectivity index (χ2n) is 13.3. The number of nitrogens with zero attached hydrogens (tertiary/aromatic N) is 5. The van der Waals surface area contributed by atoms with Gasteiger partial charge in [-0.2, -0.15) is 4.57 Å². The smallest absolute Gasteiger partial charge is 0.352 e. The third-order valence-corrected chi connectivity index (χ3v) is 11.4. The standard InChI is InChI=1S/C36H35FN8O8S2/c37-24-13-22(7-8-26(24)46)39-27(47)16-43-10-3-4-19(14-43)15-44-11-9-20(32(44)49)12-21-17-54-34-29(33(50)45(34)30(21)35(51)52)41-31(48)28(25-18-55-36(38)40-25)42-53-23-5-1-2-6-23/h3-4,7-8,10,12-14,18,23,29,34H,1-2,5-6,9,11,15-17H2,(H5-,38,39,40,41,42,46,47,48,51,52)/p+1/b20-12+/t29-,34-/m1/s1. The molecule has 0 unspecified atom stereocenters. The lowest BCUT2D eigenvalue weighted by atomic mass is 10.0. The number of anilines is 2. The number of aromatic hydroxyl groups is 1. The minimum absolute atomic E-state index is 0.0928. The van der Waals surface area contributed by atoms with Crippen molar-refractivity contribution in [1.82, 2.24) is 20.1 Å². The first-order valence-corrected chi connectivity index (χ1v) is 19.3. The zero-order valence-electron chi connectivity index (χ0n) is 29.1. The number of carbonyl (C=O) groups excluding carboxylic acids is 4. The zero-order chi connectivity index (χ0) is 38.8. The van der Waals surface area contributed by atoms with Crippen LogP contribution in [0.3, 0.4) is 0 Å². The van der Waals surface area contributed by atoms with Gasteiger partial charge in [-0.1, -0.05) is 5.16 Å². The zero-order valence-corrected chi connectivity index (χ0v) is 30.8. The van der Waals surface area contributed by atoms with Crippen LogP contribution >= 0.6 is 23.1 Å². The van der Waals surface area contributed by atoms with Crippen molar-refractivity contribution in [3.63, 3.8) is 0 Å². The van der Waals surface area contributed by atoms with Crippen LogP contribution in [0.15, 0.2) is 76.2 Å². The molecule has 3 fully saturated rings. The van der Waals surface area contributed by atoms with E-state index in [4.69, 9.17) is 10.6 Å². The van der Waals surface area contributed by atoms with Crippen LogP contribution in [0.5, 0.6) is 5.75 Å². The number of carboxylic acids is 1. The lowest BCUT2D eigenvalue weighted by Crippen LogP contribution is -2.71. The van der Waals surface area contributed by atoms with Gasteiger partial charge in [0, 0.05) is 46.6 Å². The van der Waals surface area contributed by atoms with Crippen LogP contribution in [0.4, 0.5) is 15.2 Å². The molecule has 55 heavy (non-hydrogen) atoms. The normalized spacial score (nSPS) is 20.8. The van der Waals surface area contributed by atoms with E-state index in [1.54, 1.807) is 39.4 Å². The monoisotopic (exact) mass is 791 g/mol. The maximum absolute atomic E-state index is 13.7. The van der Waals surface area contributed by atoms with Crippen molar-refractivity contribution in [2.24, 2.45) is 5.16 Å². The number of likely N-dealkylation sites (tertiary alicyclic amines) is 1. The molecule has 2 saturated heterocycles. The van der Waals surface area contributed by atoms with Gasteiger partial charge < -0.3 is 36.3 Å². The number of carbonyl (C=O) groups is 5. The molecule has 19 heteroatoms. The van der Waals surface area contributed by atoms with Gasteiger partial charge in [-0.05, 0) is 62.0 Å². The Morgan fingerprint density at radius 3 is 2.73 bits per heavy atom. The summed E-state index contributed by atoms with van der Waals surface area (Å²) in [5, 5.41) is 30.0. The summed E-state index contributed by atoms with van der Waals surface area (Å²) in [5.74, 6) is -4.59. The van der Waals surface area contributed by atoms with Gasteiger partial charge >= 0.3 is 5.97 Å². The summed E-state index contributed by atoms with van der Waals surface area (Å²) >= 11 is 2.39. The van der Waals surface area contributed by atoms with Gasteiger partial charge in [0.25, 0.3) is 17.7 Å². The van der Waals surface area contributed by atoms with Gasteiger partial charge in [0.1, 0.15) is 28.9 Å².